The van der Waals surface area contributed by atoms with Gasteiger partial charge < -0.3 is 10.4 Å². The van der Waals surface area contributed by atoms with Gasteiger partial charge in [0.2, 0.25) is 0 Å². The summed E-state index contributed by atoms with van der Waals surface area (Å²) in [5.41, 5.74) is 1.07. The highest BCUT2D eigenvalue weighted by Crippen LogP contribution is 2.35. The number of aromatic carboxylic acids is 1. The van der Waals surface area contributed by atoms with Crippen molar-refractivity contribution in [2.45, 2.75) is 6.92 Å². The van der Waals surface area contributed by atoms with E-state index in [4.69, 9.17) is 39.9 Å². The Morgan fingerprint density at radius 3 is 2.45 bits per heavy atom. The smallest absolute Gasteiger partial charge is 0.356 e. The minimum absolute atomic E-state index is 0.0597. The molecular formula is C13H9Cl3N2O2. The van der Waals surface area contributed by atoms with Crippen LogP contribution in [-0.4, -0.2) is 16.1 Å². The van der Waals surface area contributed by atoms with Crippen molar-refractivity contribution in [1.82, 2.24) is 4.98 Å². The molecule has 4 nitrogen and oxygen atoms in total. The largest absolute Gasteiger partial charge is 0.476 e. The molecule has 2 rings (SSSR count). The molecule has 0 aliphatic rings. The Balaban J connectivity index is 2.43. The fourth-order valence-electron chi connectivity index (χ4n) is 1.56. The van der Waals surface area contributed by atoms with Gasteiger partial charge in [-0.05, 0) is 30.7 Å². The van der Waals surface area contributed by atoms with Crippen LogP contribution in [0.15, 0.2) is 24.3 Å². The Hall–Kier alpha value is -1.49. The first-order chi connectivity index (χ1) is 9.40. The summed E-state index contributed by atoms with van der Waals surface area (Å²) in [5.74, 6) is -0.915. The van der Waals surface area contributed by atoms with Crippen molar-refractivity contribution in [3.05, 3.63) is 50.6 Å². The highest BCUT2D eigenvalue weighted by atomic mass is 35.5. The molecule has 0 unspecified atom stereocenters. The number of hydrogen-bond donors (Lipinski definition) is 2. The standard InChI is InChI=1S/C13H9Cl3N2O2/c1-6-2-3-7(14)11(10(6)16)17-9-5-4-8(15)12(18-9)13(19)20/h2-5H,1H3,(H,17,18)(H,19,20). The maximum atomic E-state index is 11.0. The molecule has 2 N–H and O–H groups in total. The lowest BCUT2D eigenvalue weighted by Crippen LogP contribution is -2.04. The van der Waals surface area contributed by atoms with Gasteiger partial charge in [0.1, 0.15) is 5.82 Å². The Labute approximate surface area is 130 Å². The van der Waals surface area contributed by atoms with E-state index in [-0.39, 0.29) is 10.7 Å². The molecule has 0 amide bonds. The van der Waals surface area contributed by atoms with Gasteiger partial charge in [0.25, 0.3) is 0 Å². The topological polar surface area (TPSA) is 62.2 Å². The van der Waals surface area contributed by atoms with Crippen LogP contribution >= 0.6 is 34.8 Å². The minimum Gasteiger partial charge on any atom is -0.476 e. The van der Waals surface area contributed by atoms with Crippen molar-refractivity contribution in [3.8, 4) is 0 Å². The van der Waals surface area contributed by atoms with E-state index in [9.17, 15) is 4.79 Å². The molecule has 0 atom stereocenters. The number of nitrogens with one attached hydrogen (secondary N) is 1. The number of halogens is 3. The summed E-state index contributed by atoms with van der Waals surface area (Å²) in [6, 6.07) is 6.47. The van der Waals surface area contributed by atoms with E-state index in [1.165, 1.54) is 6.07 Å². The second-order valence-electron chi connectivity index (χ2n) is 4.01. The molecule has 1 aromatic carbocycles. The highest BCUT2D eigenvalue weighted by molar-refractivity contribution is 6.39. The van der Waals surface area contributed by atoms with Gasteiger partial charge in [-0.15, -0.1) is 0 Å². The second-order valence-corrected chi connectivity index (χ2v) is 5.20. The monoisotopic (exact) mass is 330 g/mol. The van der Waals surface area contributed by atoms with Crippen LogP contribution in [0.25, 0.3) is 0 Å². The van der Waals surface area contributed by atoms with Gasteiger partial charge in [-0.3, -0.25) is 0 Å². The van der Waals surface area contributed by atoms with Gasteiger partial charge in [0.15, 0.2) is 5.69 Å². The lowest BCUT2D eigenvalue weighted by atomic mass is 10.2. The van der Waals surface area contributed by atoms with Crippen LogP contribution in [0.3, 0.4) is 0 Å². The summed E-state index contributed by atoms with van der Waals surface area (Å²) in [7, 11) is 0. The van der Waals surface area contributed by atoms with Crippen LogP contribution < -0.4 is 5.32 Å². The van der Waals surface area contributed by atoms with Crippen molar-refractivity contribution in [2.75, 3.05) is 5.32 Å². The molecule has 1 heterocycles. The average Bonchev–Trinajstić information content (AvgIpc) is 2.40. The third-order valence-corrected chi connectivity index (χ3v) is 3.69. The average molecular weight is 332 g/mol. The number of benzene rings is 1. The van der Waals surface area contributed by atoms with Crippen molar-refractivity contribution < 1.29 is 9.90 Å². The Morgan fingerprint density at radius 1 is 1.15 bits per heavy atom. The number of carboxylic acids is 1. The molecule has 2 aromatic rings. The summed E-state index contributed by atoms with van der Waals surface area (Å²) in [6.07, 6.45) is 0. The number of carbonyl (C=O) groups is 1. The molecule has 0 bridgehead atoms. The van der Waals surface area contributed by atoms with E-state index >= 15 is 0 Å². The molecule has 0 spiro atoms. The van der Waals surface area contributed by atoms with Gasteiger partial charge >= 0.3 is 5.97 Å². The van der Waals surface area contributed by atoms with Crippen LogP contribution in [0.2, 0.25) is 15.1 Å². The van der Waals surface area contributed by atoms with E-state index in [1.807, 2.05) is 6.92 Å². The van der Waals surface area contributed by atoms with E-state index in [0.717, 1.165) is 5.56 Å². The van der Waals surface area contributed by atoms with Crippen LogP contribution in [0.5, 0.6) is 0 Å². The molecule has 20 heavy (non-hydrogen) atoms. The van der Waals surface area contributed by atoms with Crippen molar-refractivity contribution in [3.63, 3.8) is 0 Å². The number of hydrogen-bond acceptors (Lipinski definition) is 3. The van der Waals surface area contributed by atoms with Gasteiger partial charge in [0.05, 0.1) is 20.8 Å². The van der Waals surface area contributed by atoms with E-state index in [1.54, 1.807) is 18.2 Å². The summed E-state index contributed by atoms with van der Waals surface area (Å²) in [5, 5.41) is 12.8. The minimum atomic E-state index is -1.21. The Kier molecular flexibility index (Phi) is 4.38. The summed E-state index contributed by atoms with van der Waals surface area (Å²) in [6.45, 7) is 1.84. The number of carboxylic acid groups (broad SMARTS) is 1. The van der Waals surface area contributed by atoms with Gasteiger partial charge in [-0.25, -0.2) is 9.78 Å². The molecule has 7 heteroatoms. The fourth-order valence-corrected chi connectivity index (χ4v) is 2.21. The molecular weight excluding hydrogens is 323 g/mol. The molecule has 0 saturated heterocycles. The zero-order chi connectivity index (χ0) is 14.9. The quantitative estimate of drug-likeness (QED) is 0.848. The molecule has 104 valence electrons. The zero-order valence-corrected chi connectivity index (χ0v) is 12.5. The summed E-state index contributed by atoms with van der Waals surface area (Å²) in [4.78, 5) is 14.9. The number of pyridine rings is 1. The third-order valence-electron chi connectivity index (χ3n) is 2.59. The van der Waals surface area contributed by atoms with Gasteiger partial charge in [-0.2, -0.15) is 0 Å². The van der Waals surface area contributed by atoms with Crippen molar-refractivity contribution in [2.24, 2.45) is 0 Å². The van der Waals surface area contributed by atoms with Gasteiger partial charge in [0, 0.05) is 0 Å². The predicted molar refractivity (Wildman–Crippen MR) is 80.7 cm³/mol. The summed E-state index contributed by atoms with van der Waals surface area (Å²) >= 11 is 18.0. The van der Waals surface area contributed by atoms with Crippen molar-refractivity contribution in [1.29, 1.82) is 0 Å². The Bertz CT molecular complexity index is 690. The van der Waals surface area contributed by atoms with Crippen LogP contribution in [0.4, 0.5) is 11.5 Å². The lowest BCUT2D eigenvalue weighted by Gasteiger charge is -2.12. The number of rotatable bonds is 3. The van der Waals surface area contributed by atoms with E-state index in [2.05, 4.69) is 10.3 Å². The third kappa shape index (κ3) is 2.98. The fraction of sp³-hybridized carbons (Fsp3) is 0.0769. The second kappa shape index (κ2) is 5.87. The van der Waals surface area contributed by atoms with Crippen LogP contribution in [0.1, 0.15) is 16.1 Å². The first-order valence-electron chi connectivity index (χ1n) is 5.51. The number of nitrogens with zero attached hydrogens (tertiary/aromatic N) is 1. The molecule has 0 radical (unpaired) electrons. The molecule has 0 saturated carbocycles. The normalized spacial score (nSPS) is 10.4. The molecule has 0 fully saturated rings. The predicted octanol–water partition coefficient (Wildman–Crippen LogP) is 4.79. The summed E-state index contributed by atoms with van der Waals surface area (Å²) < 4.78 is 0. The number of aromatic nitrogens is 1. The Morgan fingerprint density at radius 2 is 1.80 bits per heavy atom. The number of aryl methyl sites for hydroxylation is 1. The first kappa shape index (κ1) is 14.9. The lowest BCUT2D eigenvalue weighted by molar-refractivity contribution is 0.0691. The molecule has 1 aromatic heterocycles. The van der Waals surface area contributed by atoms with Crippen LogP contribution in [0, 0.1) is 6.92 Å². The molecule has 0 aliphatic carbocycles. The SMILES string of the molecule is Cc1ccc(Cl)c(Nc2ccc(Cl)c(C(=O)O)n2)c1Cl. The first-order valence-corrected chi connectivity index (χ1v) is 6.65. The van der Waals surface area contributed by atoms with Crippen LogP contribution in [-0.2, 0) is 0 Å². The highest BCUT2D eigenvalue weighted by Gasteiger charge is 2.14. The maximum Gasteiger partial charge on any atom is 0.356 e. The maximum absolute atomic E-state index is 11.0. The zero-order valence-electron chi connectivity index (χ0n) is 10.2. The number of anilines is 2. The van der Waals surface area contributed by atoms with E-state index < -0.39 is 5.97 Å². The van der Waals surface area contributed by atoms with Gasteiger partial charge in [-0.1, -0.05) is 40.9 Å². The van der Waals surface area contributed by atoms with E-state index in [0.29, 0.717) is 21.6 Å². The van der Waals surface area contributed by atoms with Crippen molar-refractivity contribution >= 4 is 52.3 Å². The molecule has 0 aliphatic heterocycles.